The number of aliphatic imine (C=N–C) groups is 1. The summed E-state index contributed by atoms with van der Waals surface area (Å²) in [4.78, 5) is 30.6. The number of benzene rings is 2. The van der Waals surface area contributed by atoms with E-state index in [-0.39, 0.29) is 12.4 Å². The Balaban J connectivity index is 0.00000204. The van der Waals surface area contributed by atoms with Crippen molar-refractivity contribution in [3.63, 3.8) is 0 Å². The van der Waals surface area contributed by atoms with Crippen molar-refractivity contribution in [1.29, 1.82) is 0 Å². The average Bonchev–Trinajstić information content (AvgIpc) is 3.39. The minimum atomic E-state index is -0.433. The van der Waals surface area contributed by atoms with Gasteiger partial charge in [0, 0.05) is 22.9 Å². The molecule has 1 atom stereocenters. The highest BCUT2D eigenvalue weighted by Crippen LogP contribution is 2.41. The SMILES string of the molecule is C[N+]12C=CN=C(C3=C(c4cccc5ccoc45)C(=O)NC3=O)c3cccc(c31)CC2.Cl. The molecule has 0 saturated heterocycles. The average molecular weight is 433 g/mol. The lowest BCUT2D eigenvalue weighted by atomic mass is 9.92. The normalized spacial score (nSPS) is 21.6. The Hall–Kier alpha value is -3.48. The molecule has 0 fully saturated rings. The topological polar surface area (TPSA) is 71.7 Å². The molecule has 1 unspecified atom stereocenters. The van der Waals surface area contributed by atoms with Crippen LogP contribution in [0.3, 0.4) is 0 Å². The summed E-state index contributed by atoms with van der Waals surface area (Å²) >= 11 is 0. The van der Waals surface area contributed by atoms with Gasteiger partial charge in [-0.3, -0.25) is 19.4 Å². The van der Waals surface area contributed by atoms with Gasteiger partial charge in [0.15, 0.2) is 0 Å². The molecule has 6 nitrogen and oxygen atoms in total. The van der Waals surface area contributed by atoms with E-state index in [0.717, 1.165) is 29.6 Å². The number of carbonyl (C=O) groups excluding carboxylic acids is 2. The van der Waals surface area contributed by atoms with E-state index in [1.165, 1.54) is 5.56 Å². The molecule has 3 aliphatic heterocycles. The van der Waals surface area contributed by atoms with Crippen molar-refractivity contribution >= 4 is 52.2 Å². The number of carbonyl (C=O) groups is 2. The summed E-state index contributed by atoms with van der Waals surface area (Å²) in [7, 11) is 2.14. The van der Waals surface area contributed by atoms with Gasteiger partial charge in [0.25, 0.3) is 11.8 Å². The lowest BCUT2D eigenvalue weighted by Crippen LogP contribution is -2.37. The summed E-state index contributed by atoms with van der Waals surface area (Å²) in [5.41, 5.74) is 5.57. The molecule has 4 heterocycles. The lowest BCUT2D eigenvalue weighted by Gasteiger charge is -2.25. The molecule has 154 valence electrons. The number of likely N-dealkylation sites (N-methyl/N-ethyl adjacent to an activating group) is 1. The molecule has 7 heteroatoms. The van der Waals surface area contributed by atoms with E-state index >= 15 is 0 Å². The Kier molecular flexibility index (Phi) is 4.25. The van der Waals surface area contributed by atoms with Crippen molar-refractivity contribution in [3.8, 4) is 0 Å². The smallest absolute Gasteiger partial charge is 0.261 e. The molecule has 2 amide bonds. The van der Waals surface area contributed by atoms with Crippen molar-refractivity contribution in [2.24, 2.45) is 4.99 Å². The van der Waals surface area contributed by atoms with E-state index in [0.29, 0.717) is 32.5 Å². The molecule has 0 radical (unpaired) electrons. The standard InChI is InChI=1S/C24H17N3O3.ClH/c1-27-11-8-14-4-2-7-17(21(14)27)20(25-10-12-27)19-18(23(28)26-24(19)29)16-6-3-5-15-9-13-30-22(15)16;/h2-7,9-10,12-13H,8,11H2,1H3;1H/p+1. The molecule has 1 N–H and O–H groups in total. The first-order chi connectivity index (χ1) is 14.6. The molecule has 3 aliphatic rings. The maximum absolute atomic E-state index is 13.0. The first-order valence-electron chi connectivity index (χ1n) is 9.87. The fourth-order valence-electron chi connectivity index (χ4n) is 4.85. The Labute approximate surface area is 184 Å². The minimum Gasteiger partial charge on any atom is -0.464 e. The van der Waals surface area contributed by atoms with Gasteiger partial charge in [-0.25, -0.2) is 4.99 Å². The lowest BCUT2D eigenvalue weighted by molar-refractivity contribution is -0.123. The van der Waals surface area contributed by atoms with Crippen LogP contribution in [0.2, 0.25) is 0 Å². The van der Waals surface area contributed by atoms with Crippen LogP contribution in [0.4, 0.5) is 5.69 Å². The molecule has 2 aromatic carbocycles. The zero-order chi connectivity index (χ0) is 20.5. The zero-order valence-electron chi connectivity index (χ0n) is 16.7. The summed E-state index contributed by atoms with van der Waals surface area (Å²) < 4.78 is 6.28. The number of halogens is 1. The number of para-hydroxylation sites is 2. The monoisotopic (exact) mass is 432 g/mol. The molecule has 6 rings (SSSR count). The number of fused-ring (bicyclic) bond motifs is 1. The quantitative estimate of drug-likeness (QED) is 0.495. The first-order valence-corrected chi connectivity index (χ1v) is 9.87. The number of furan rings is 1. The highest BCUT2D eigenvalue weighted by molar-refractivity contribution is 6.48. The van der Waals surface area contributed by atoms with E-state index in [4.69, 9.17) is 4.42 Å². The predicted molar refractivity (Wildman–Crippen MR) is 122 cm³/mol. The molecule has 31 heavy (non-hydrogen) atoms. The van der Waals surface area contributed by atoms with Gasteiger partial charge in [-0.1, -0.05) is 30.3 Å². The Morgan fingerprint density at radius 2 is 1.77 bits per heavy atom. The Morgan fingerprint density at radius 3 is 2.65 bits per heavy atom. The highest BCUT2D eigenvalue weighted by atomic mass is 35.5. The Bertz CT molecular complexity index is 1380. The number of rotatable bonds is 2. The second kappa shape index (κ2) is 6.77. The van der Waals surface area contributed by atoms with Crippen LogP contribution in [-0.4, -0.2) is 31.1 Å². The number of amides is 2. The third kappa shape index (κ3) is 2.65. The van der Waals surface area contributed by atoms with Crippen LogP contribution >= 0.6 is 12.4 Å². The zero-order valence-corrected chi connectivity index (χ0v) is 17.5. The van der Waals surface area contributed by atoms with Crippen LogP contribution < -0.4 is 9.80 Å². The largest absolute Gasteiger partial charge is 0.464 e. The van der Waals surface area contributed by atoms with Crippen molar-refractivity contribution < 1.29 is 14.0 Å². The maximum atomic E-state index is 13.0. The van der Waals surface area contributed by atoms with Gasteiger partial charge in [-0.2, -0.15) is 0 Å². The van der Waals surface area contributed by atoms with Gasteiger partial charge < -0.3 is 4.42 Å². The highest BCUT2D eigenvalue weighted by Gasteiger charge is 2.42. The first kappa shape index (κ1) is 19.5. The molecular weight excluding hydrogens is 414 g/mol. The van der Waals surface area contributed by atoms with E-state index in [1.807, 2.05) is 42.6 Å². The van der Waals surface area contributed by atoms with Crippen LogP contribution in [0.15, 0.2) is 76.1 Å². The number of hydrogen-bond donors (Lipinski definition) is 1. The van der Waals surface area contributed by atoms with Crippen LogP contribution in [-0.2, 0) is 16.0 Å². The van der Waals surface area contributed by atoms with E-state index in [1.54, 1.807) is 12.5 Å². The maximum Gasteiger partial charge on any atom is 0.261 e. The number of nitrogens with zero attached hydrogens (tertiary/aromatic N) is 2. The van der Waals surface area contributed by atoms with Gasteiger partial charge in [-0.15, -0.1) is 12.4 Å². The third-order valence-corrected chi connectivity index (χ3v) is 6.25. The fourth-order valence-corrected chi connectivity index (χ4v) is 4.85. The van der Waals surface area contributed by atoms with Crippen molar-refractivity contribution in [2.75, 3.05) is 13.6 Å². The van der Waals surface area contributed by atoms with Crippen molar-refractivity contribution in [3.05, 3.63) is 83.4 Å². The van der Waals surface area contributed by atoms with Crippen molar-refractivity contribution in [1.82, 2.24) is 9.80 Å². The molecule has 0 bridgehead atoms. The van der Waals surface area contributed by atoms with Crippen LogP contribution in [0.25, 0.3) is 16.5 Å². The molecule has 0 spiro atoms. The number of hydrogen-bond acceptors (Lipinski definition) is 4. The van der Waals surface area contributed by atoms with E-state index in [9.17, 15) is 9.59 Å². The van der Waals surface area contributed by atoms with Gasteiger partial charge >= 0.3 is 0 Å². The van der Waals surface area contributed by atoms with Gasteiger partial charge in [-0.05, 0) is 12.1 Å². The minimum absolute atomic E-state index is 0. The number of imide groups is 1. The van der Waals surface area contributed by atoms with E-state index < -0.39 is 11.8 Å². The fraction of sp³-hybridized carbons (Fsp3) is 0.125. The van der Waals surface area contributed by atoms with Crippen molar-refractivity contribution in [2.45, 2.75) is 6.42 Å². The second-order valence-corrected chi connectivity index (χ2v) is 8.01. The summed E-state index contributed by atoms with van der Waals surface area (Å²) in [5.74, 6) is -0.864. The number of nitrogens with one attached hydrogen (secondary N) is 1. The number of quaternary nitrogens is 1. The van der Waals surface area contributed by atoms with Gasteiger partial charge in [0.2, 0.25) is 0 Å². The molecule has 0 aliphatic carbocycles. The molecular formula is C24H19ClN3O3+. The van der Waals surface area contributed by atoms with Crippen LogP contribution in [0.1, 0.15) is 16.7 Å². The van der Waals surface area contributed by atoms with Crippen LogP contribution in [0.5, 0.6) is 0 Å². The van der Waals surface area contributed by atoms with E-state index in [2.05, 4.69) is 23.4 Å². The summed E-state index contributed by atoms with van der Waals surface area (Å²) in [6.45, 7) is 0.939. The second-order valence-electron chi connectivity index (χ2n) is 8.01. The molecule has 3 aromatic rings. The Morgan fingerprint density at radius 1 is 1.00 bits per heavy atom. The summed E-state index contributed by atoms with van der Waals surface area (Å²) in [6, 6.07) is 13.5. The summed E-state index contributed by atoms with van der Waals surface area (Å²) in [5, 5.41) is 3.34. The predicted octanol–water partition coefficient (Wildman–Crippen LogP) is 3.73. The summed E-state index contributed by atoms with van der Waals surface area (Å²) in [6.07, 6.45) is 6.34. The van der Waals surface area contributed by atoms with Gasteiger partial charge in [0.05, 0.1) is 48.5 Å². The third-order valence-electron chi connectivity index (χ3n) is 6.25. The molecule has 1 aromatic heterocycles. The molecule has 0 saturated carbocycles. The van der Waals surface area contributed by atoms with Gasteiger partial charge in [0.1, 0.15) is 17.5 Å². The van der Waals surface area contributed by atoms with Crippen LogP contribution in [0, 0.1) is 0 Å².